The van der Waals surface area contributed by atoms with Gasteiger partial charge in [0.05, 0.1) is 6.54 Å². The number of halogens is 1. The van der Waals surface area contributed by atoms with Crippen LogP contribution >= 0.6 is 0 Å². The minimum atomic E-state index is -0.787. The number of hydrogen-bond acceptors (Lipinski definition) is 4. The average Bonchev–Trinajstić information content (AvgIpc) is 2.70. The molecule has 0 radical (unpaired) electrons. The van der Waals surface area contributed by atoms with Crippen LogP contribution in [0.5, 0.6) is 11.5 Å². The summed E-state index contributed by atoms with van der Waals surface area (Å²) in [6.45, 7) is 2.44. The fourth-order valence-corrected chi connectivity index (χ4v) is 2.72. The van der Waals surface area contributed by atoms with Crippen molar-refractivity contribution < 1.29 is 23.5 Å². The van der Waals surface area contributed by atoms with Gasteiger partial charge in [-0.1, -0.05) is 24.3 Å². The van der Waals surface area contributed by atoms with Crippen LogP contribution < -0.4 is 14.8 Å². The number of rotatable bonds is 6. The van der Waals surface area contributed by atoms with Crippen LogP contribution in [0.2, 0.25) is 0 Å². The highest BCUT2D eigenvalue weighted by Crippen LogP contribution is 2.31. The van der Waals surface area contributed by atoms with E-state index in [9.17, 15) is 14.0 Å². The first-order valence-corrected chi connectivity index (χ1v) is 8.75. The monoisotopic (exact) mass is 372 g/mol. The van der Waals surface area contributed by atoms with E-state index in [0.717, 1.165) is 5.56 Å². The summed E-state index contributed by atoms with van der Waals surface area (Å²) in [7, 11) is 0. The van der Waals surface area contributed by atoms with Crippen LogP contribution in [0.25, 0.3) is 0 Å². The van der Waals surface area contributed by atoms with Crippen molar-refractivity contribution in [3.05, 3.63) is 59.9 Å². The molecule has 0 bridgehead atoms. The van der Waals surface area contributed by atoms with Crippen molar-refractivity contribution in [1.29, 1.82) is 0 Å². The predicted octanol–water partition coefficient (Wildman–Crippen LogP) is 2.13. The summed E-state index contributed by atoms with van der Waals surface area (Å²) < 4.78 is 24.2. The number of carbonyl (C=O) groups is 2. The maximum Gasteiger partial charge on any atom is 0.267 e. The number of benzene rings is 2. The fourth-order valence-electron chi connectivity index (χ4n) is 2.72. The molecule has 1 heterocycles. The molecule has 7 heteroatoms. The first-order valence-electron chi connectivity index (χ1n) is 8.75. The van der Waals surface area contributed by atoms with E-state index in [4.69, 9.17) is 9.47 Å². The Labute approximate surface area is 156 Å². The summed E-state index contributed by atoms with van der Waals surface area (Å²) in [5.74, 6) is 0.181. The zero-order valence-corrected chi connectivity index (χ0v) is 15.0. The number of hydrogen-bond donors (Lipinski definition) is 1. The second-order valence-corrected chi connectivity index (χ2v) is 6.12. The van der Waals surface area contributed by atoms with Gasteiger partial charge < -0.3 is 19.7 Å². The number of nitrogens with zero attached hydrogens (tertiary/aromatic N) is 1. The highest BCUT2D eigenvalue weighted by atomic mass is 19.1. The van der Waals surface area contributed by atoms with E-state index in [0.29, 0.717) is 18.0 Å². The van der Waals surface area contributed by atoms with Gasteiger partial charge in [-0.2, -0.15) is 0 Å². The molecule has 0 unspecified atom stereocenters. The Balaban J connectivity index is 1.54. The molecule has 1 aliphatic rings. The molecule has 0 saturated carbocycles. The molecule has 0 fully saturated rings. The van der Waals surface area contributed by atoms with Gasteiger partial charge in [-0.25, -0.2) is 4.39 Å². The Bertz CT molecular complexity index is 810. The second-order valence-electron chi connectivity index (χ2n) is 6.12. The molecule has 0 saturated heterocycles. The topological polar surface area (TPSA) is 67.9 Å². The van der Waals surface area contributed by atoms with Crippen LogP contribution in [0.1, 0.15) is 12.5 Å². The quantitative estimate of drug-likeness (QED) is 0.844. The van der Waals surface area contributed by atoms with E-state index < -0.39 is 6.10 Å². The standard InChI is InChI=1S/C20H21FN2O4/c1-2-23(12-19(24)22-11-14-7-9-15(21)10-8-14)20(25)18-13-26-16-5-3-4-6-17(16)27-18/h3-10,18H,2,11-13H2,1H3,(H,22,24)/t18-/m0/s1. The van der Waals surface area contributed by atoms with Crippen molar-refractivity contribution in [2.45, 2.75) is 19.6 Å². The van der Waals surface area contributed by atoms with Gasteiger partial charge in [0.15, 0.2) is 11.5 Å². The van der Waals surface area contributed by atoms with Crippen LogP contribution in [0.15, 0.2) is 48.5 Å². The highest BCUT2D eigenvalue weighted by molar-refractivity contribution is 5.87. The normalized spacial score (nSPS) is 15.1. The zero-order chi connectivity index (χ0) is 19.2. The third-order valence-electron chi connectivity index (χ3n) is 4.21. The molecule has 3 rings (SSSR count). The molecule has 0 aromatic heterocycles. The predicted molar refractivity (Wildman–Crippen MR) is 96.9 cm³/mol. The molecule has 0 aliphatic carbocycles. The molecule has 27 heavy (non-hydrogen) atoms. The molecule has 2 aromatic carbocycles. The van der Waals surface area contributed by atoms with Crippen molar-refractivity contribution in [2.24, 2.45) is 0 Å². The summed E-state index contributed by atoms with van der Waals surface area (Å²) in [5.41, 5.74) is 0.778. The van der Waals surface area contributed by atoms with Gasteiger partial charge >= 0.3 is 0 Å². The molecule has 2 aromatic rings. The largest absolute Gasteiger partial charge is 0.485 e. The first kappa shape index (κ1) is 18.7. The highest BCUT2D eigenvalue weighted by Gasteiger charge is 2.31. The van der Waals surface area contributed by atoms with Crippen molar-refractivity contribution in [1.82, 2.24) is 10.2 Å². The maximum atomic E-state index is 12.9. The molecule has 142 valence electrons. The molecule has 1 aliphatic heterocycles. The lowest BCUT2D eigenvalue weighted by Crippen LogP contribution is -2.49. The van der Waals surface area contributed by atoms with Gasteiger partial charge in [0.25, 0.3) is 5.91 Å². The number of amides is 2. The minimum Gasteiger partial charge on any atom is -0.485 e. The van der Waals surface area contributed by atoms with E-state index in [1.165, 1.54) is 17.0 Å². The molecule has 2 amide bonds. The summed E-state index contributed by atoms with van der Waals surface area (Å²) in [6, 6.07) is 13.0. The lowest BCUT2D eigenvalue weighted by Gasteiger charge is -2.29. The maximum absolute atomic E-state index is 12.9. The molecular formula is C20H21FN2O4. The molecular weight excluding hydrogens is 351 g/mol. The lowest BCUT2D eigenvalue weighted by atomic mass is 10.2. The average molecular weight is 372 g/mol. The van der Waals surface area contributed by atoms with Crippen LogP contribution in [0.3, 0.4) is 0 Å². The van der Waals surface area contributed by atoms with Crippen LogP contribution in [0, 0.1) is 5.82 Å². The molecule has 6 nitrogen and oxygen atoms in total. The van der Waals surface area contributed by atoms with Gasteiger partial charge in [-0.05, 0) is 36.8 Å². The van der Waals surface area contributed by atoms with Gasteiger partial charge in [0, 0.05) is 13.1 Å². The number of carbonyl (C=O) groups excluding carboxylic acids is 2. The minimum absolute atomic E-state index is 0.0853. The van der Waals surface area contributed by atoms with E-state index in [2.05, 4.69) is 5.32 Å². The summed E-state index contributed by atoms with van der Waals surface area (Å²) in [4.78, 5) is 26.3. The number of likely N-dealkylation sites (N-methyl/N-ethyl adjacent to an activating group) is 1. The third-order valence-corrected chi connectivity index (χ3v) is 4.21. The van der Waals surface area contributed by atoms with E-state index in [1.807, 2.05) is 6.07 Å². The lowest BCUT2D eigenvalue weighted by molar-refractivity contribution is -0.144. The van der Waals surface area contributed by atoms with Crippen molar-refractivity contribution in [3.63, 3.8) is 0 Å². The number of para-hydroxylation sites is 2. The van der Waals surface area contributed by atoms with Gasteiger partial charge in [-0.3, -0.25) is 9.59 Å². The Hall–Kier alpha value is -3.09. The zero-order valence-electron chi connectivity index (χ0n) is 15.0. The van der Waals surface area contributed by atoms with Crippen LogP contribution in [-0.2, 0) is 16.1 Å². The van der Waals surface area contributed by atoms with Crippen molar-refractivity contribution >= 4 is 11.8 Å². The summed E-state index contributed by atoms with van der Waals surface area (Å²) >= 11 is 0. The smallest absolute Gasteiger partial charge is 0.267 e. The van der Waals surface area contributed by atoms with Gasteiger partial charge in [0.1, 0.15) is 12.4 Å². The summed E-state index contributed by atoms with van der Waals surface area (Å²) in [6.07, 6.45) is -0.787. The number of fused-ring (bicyclic) bond motifs is 1. The number of nitrogens with one attached hydrogen (secondary N) is 1. The number of ether oxygens (including phenoxy) is 2. The van der Waals surface area contributed by atoms with Crippen molar-refractivity contribution in [2.75, 3.05) is 19.7 Å². The third kappa shape index (κ3) is 4.75. The Morgan fingerprint density at radius 3 is 2.56 bits per heavy atom. The Kier molecular flexibility index (Phi) is 5.90. The van der Waals surface area contributed by atoms with E-state index in [-0.39, 0.29) is 37.3 Å². The Morgan fingerprint density at radius 1 is 1.15 bits per heavy atom. The summed E-state index contributed by atoms with van der Waals surface area (Å²) in [5, 5.41) is 2.73. The Morgan fingerprint density at radius 2 is 1.85 bits per heavy atom. The van der Waals surface area contributed by atoms with Gasteiger partial charge in [0.2, 0.25) is 12.0 Å². The molecule has 0 spiro atoms. The van der Waals surface area contributed by atoms with Crippen molar-refractivity contribution in [3.8, 4) is 11.5 Å². The van der Waals surface area contributed by atoms with Crippen LogP contribution in [0.4, 0.5) is 4.39 Å². The second kappa shape index (κ2) is 8.53. The molecule has 1 N–H and O–H groups in total. The molecule has 1 atom stereocenters. The van der Waals surface area contributed by atoms with E-state index >= 15 is 0 Å². The van der Waals surface area contributed by atoms with Crippen LogP contribution in [-0.4, -0.2) is 42.5 Å². The van der Waals surface area contributed by atoms with E-state index in [1.54, 1.807) is 37.3 Å². The SMILES string of the molecule is CCN(CC(=O)NCc1ccc(F)cc1)C(=O)[C@@H]1COc2ccccc2O1. The van der Waals surface area contributed by atoms with Gasteiger partial charge in [-0.15, -0.1) is 0 Å². The fraction of sp³-hybridized carbons (Fsp3) is 0.300. The first-order chi connectivity index (χ1) is 13.1.